The lowest BCUT2D eigenvalue weighted by atomic mass is 10.1. The Bertz CT molecular complexity index is 1340. The SMILES string of the molecule is CCC(C)NC(=O)C(C)N(Cc1cccc(Br)c1)C(=O)CN(c1cccc2ccccc12)S(C)(=O)=O. The highest BCUT2D eigenvalue weighted by Crippen LogP contribution is 2.28. The minimum atomic E-state index is -3.81. The molecular weight excluding hydrogens is 542 g/mol. The predicted molar refractivity (Wildman–Crippen MR) is 148 cm³/mol. The summed E-state index contributed by atoms with van der Waals surface area (Å²) >= 11 is 3.45. The third-order valence-electron chi connectivity index (χ3n) is 6.12. The van der Waals surface area contributed by atoms with Gasteiger partial charge in [-0.3, -0.25) is 13.9 Å². The van der Waals surface area contributed by atoms with Crippen molar-refractivity contribution < 1.29 is 18.0 Å². The van der Waals surface area contributed by atoms with E-state index >= 15 is 0 Å². The fraction of sp³-hybridized carbons (Fsp3) is 0.333. The number of benzene rings is 3. The van der Waals surface area contributed by atoms with Crippen LogP contribution in [0.1, 0.15) is 32.8 Å². The number of fused-ring (bicyclic) bond motifs is 1. The quantitative estimate of drug-likeness (QED) is 0.381. The van der Waals surface area contributed by atoms with Gasteiger partial charge in [-0.05, 0) is 49.4 Å². The lowest BCUT2D eigenvalue weighted by Crippen LogP contribution is -2.52. The van der Waals surface area contributed by atoms with Gasteiger partial charge in [0, 0.05) is 22.4 Å². The summed E-state index contributed by atoms with van der Waals surface area (Å²) in [4.78, 5) is 28.2. The molecular formula is C27H32BrN3O4S. The van der Waals surface area contributed by atoms with Crippen molar-refractivity contribution in [1.29, 1.82) is 0 Å². The Morgan fingerprint density at radius 3 is 2.33 bits per heavy atom. The highest BCUT2D eigenvalue weighted by Gasteiger charge is 2.31. The molecule has 0 fully saturated rings. The van der Waals surface area contributed by atoms with Gasteiger partial charge in [-0.25, -0.2) is 8.42 Å². The molecule has 0 radical (unpaired) electrons. The van der Waals surface area contributed by atoms with E-state index in [9.17, 15) is 18.0 Å². The maximum atomic E-state index is 13.7. The molecule has 0 saturated heterocycles. The number of amides is 2. The Labute approximate surface area is 221 Å². The topological polar surface area (TPSA) is 86.8 Å². The van der Waals surface area contributed by atoms with Gasteiger partial charge in [-0.2, -0.15) is 0 Å². The van der Waals surface area contributed by atoms with E-state index in [0.717, 1.165) is 37.8 Å². The molecule has 7 nitrogen and oxygen atoms in total. The average molecular weight is 575 g/mol. The summed E-state index contributed by atoms with van der Waals surface area (Å²) in [5.41, 5.74) is 1.24. The summed E-state index contributed by atoms with van der Waals surface area (Å²) < 4.78 is 27.7. The van der Waals surface area contributed by atoms with Crippen LogP contribution in [-0.4, -0.2) is 50.0 Å². The molecule has 0 aromatic heterocycles. The van der Waals surface area contributed by atoms with Crippen LogP contribution in [0.15, 0.2) is 71.2 Å². The summed E-state index contributed by atoms with van der Waals surface area (Å²) in [6, 6.07) is 19.4. The van der Waals surface area contributed by atoms with Gasteiger partial charge in [0.2, 0.25) is 21.8 Å². The van der Waals surface area contributed by atoms with Crippen molar-refractivity contribution in [3.8, 4) is 0 Å². The van der Waals surface area contributed by atoms with Gasteiger partial charge >= 0.3 is 0 Å². The summed E-state index contributed by atoms with van der Waals surface area (Å²) in [7, 11) is -3.81. The maximum Gasteiger partial charge on any atom is 0.244 e. The van der Waals surface area contributed by atoms with Gasteiger partial charge < -0.3 is 10.2 Å². The van der Waals surface area contributed by atoms with Crippen molar-refractivity contribution in [2.75, 3.05) is 17.1 Å². The lowest BCUT2D eigenvalue weighted by Gasteiger charge is -2.32. The van der Waals surface area contributed by atoms with E-state index in [1.165, 1.54) is 4.90 Å². The molecule has 0 aliphatic heterocycles. The zero-order valence-electron chi connectivity index (χ0n) is 20.9. The normalized spacial score (nSPS) is 13.1. The molecule has 0 spiro atoms. The molecule has 3 aromatic carbocycles. The number of halogens is 1. The number of rotatable bonds is 10. The van der Waals surface area contributed by atoms with Crippen LogP contribution in [0.4, 0.5) is 5.69 Å². The monoisotopic (exact) mass is 573 g/mol. The zero-order chi connectivity index (χ0) is 26.5. The molecule has 1 N–H and O–H groups in total. The molecule has 2 atom stereocenters. The third kappa shape index (κ3) is 6.85. The van der Waals surface area contributed by atoms with Crippen LogP contribution < -0.4 is 9.62 Å². The molecule has 0 bridgehead atoms. The highest BCUT2D eigenvalue weighted by atomic mass is 79.9. The van der Waals surface area contributed by atoms with E-state index in [4.69, 9.17) is 0 Å². The van der Waals surface area contributed by atoms with Gasteiger partial charge in [0.1, 0.15) is 12.6 Å². The van der Waals surface area contributed by atoms with Crippen LogP contribution in [0, 0.1) is 0 Å². The molecule has 0 saturated carbocycles. The van der Waals surface area contributed by atoms with Crippen molar-refractivity contribution in [1.82, 2.24) is 10.2 Å². The van der Waals surface area contributed by atoms with Gasteiger partial charge in [0.25, 0.3) is 0 Å². The second kappa shape index (κ2) is 11.9. The molecule has 3 aromatic rings. The first-order valence-corrected chi connectivity index (χ1v) is 14.4. The number of hydrogen-bond acceptors (Lipinski definition) is 4. The predicted octanol–water partition coefficient (Wildman–Crippen LogP) is 4.70. The van der Waals surface area contributed by atoms with Gasteiger partial charge in [-0.15, -0.1) is 0 Å². The molecule has 2 unspecified atom stereocenters. The molecule has 2 amide bonds. The van der Waals surface area contributed by atoms with Crippen LogP contribution in [0.25, 0.3) is 10.8 Å². The van der Waals surface area contributed by atoms with Gasteiger partial charge in [0.15, 0.2) is 0 Å². The molecule has 0 heterocycles. The second-order valence-corrected chi connectivity index (χ2v) is 11.7. The molecule has 9 heteroatoms. The highest BCUT2D eigenvalue weighted by molar-refractivity contribution is 9.10. The summed E-state index contributed by atoms with van der Waals surface area (Å²) in [6.45, 7) is 5.25. The second-order valence-electron chi connectivity index (χ2n) is 8.91. The van der Waals surface area contributed by atoms with Crippen molar-refractivity contribution in [3.63, 3.8) is 0 Å². The van der Waals surface area contributed by atoms with Crippen LogP contribution in [0.3, 0.4) is 0 Å². The lowest BCUT2D eigenvalue weighted by molar-refractivity contribution is -0.139. The van der Waals surface area contributed by atoms with E-state index in [1.54, 1.807) is 19.1 Å². The van der Waals surface area contributed by atoms with Crippen LogP contribution >= 0.6 is 15.9 Å². The van der Waals surface area contributed by atoms with E-state index in [-0.39, 0.29) is 18.5 Å². The Morgan fingerprint density at radius 1 is 1.00 bits per heavy atom. The van der Waals surface area contributed by atoms with E-state index in [2.05, 4.69) is 21.2 Å². The van der Waals surface area contributed by atoms with Crippen molar-refractivity contribution in [2.45, 2.75) is 45.8 Å². The summed E-state index contributed by atoms with van der Waals surface area (Å²) in [5.74, 6) is -0.760. The Balaban J connectivity index is 1.99. The first-order chi connectivity index (χ1) is 17.0. The number of nitrogens with one attached hydrogen (secondary N) is 1. The molecule has 192 valence electrons. The van der Waals surface area contributed by atoms with E-state index in [0.29, 0.717) is 5.69 Å². The number of hydrogen-bond donors (Lipinski definition) is 1. The van der Waals surface area contributed by atoms with Crippen molar-refractivity contribution in [2.24, 2.45) is 0 Å². The Kier molecular flexibility index (Phi) is 9.13. The minimum Gasteiger partial charge on any atom is -0.352 e. The van der Waals surface area contributed by atoms with Crippen molar-refractivity contribution >= 4 is 54.2 Å². The number of carbonyl (C=O) groups is 2. The maximum absolute atomic E-state index is 13.7. The molecule has 3 rings (SSSR count). The average Bonchev–Trinajstić information content (AvgIpc) is 2.84. The standard InChI is InChI=1S/C27H32BrN3O4S/c1-5-19(2)29-27(33)20(3)30(17-21-10-8-13-23(28)16-21)26(32)18-31(36(4,34)35)25-15-9-12-22-11-6-7-14-24(22)25/h6-16,19-20H,5,17-18H2,1-4H3,(H,29,33). The van der Waals surface area contributed by atoms with Crippen LogP contribution in [0.2, 0.25) is 0 Å². The third-order valence-corrected chi connectivity index (χ3v) is 7.74. The Hall–Kier alpha value is -2.91. The largest absolute Gasteiger partial charge is 0.352 e. The smallest absolute Gasteiger partial charge is 0.244 e. The van der Waals surface area contributed by atoms with Crippen molar-refractivity contribution in [3.05, 3.63) is 76.8 Å². The number of nitrogens with zero attached hydrogens (tertiary/aromatic N) is 2. The molecule has 0 aliphatic rings. The van der Waals surface area contributed by atoms with E-state index < -0.39 is 28.5 Å². The fourth-order valence-electron chi connectivity index (χ4n) is 3.90. The summed E-state index contributed by atoms with van der Waals surface area (Å²) in [5, 5.41) is 4.51. The minimum absolute atomic E-state index is 0.0500. The number of anilines is 1. The number of sulfonamides is 1. The van der Waals surface area contributed by atoms with Crippen LogP contribution in [0.5, 0.6) is 0 Å². The molecule has 36 heavy (non-hydrogen) atoms. The molecule has 0 aliphatic carbocycles. The fourth-order valence-corrected chi connectivity index (χ4v) is 5.21. The van der Waals surface area contributed by atoms with Gasteiger partial charge in [0.05, 0.1) is 11.9 Å². The van der Waals surface area contributed by atoms with Gasteiger partial charge in [-0.1, -0.05) is 71.4 Å². The zero-order valence-corrected chi connectivity index (χ0v) is 23.3. The van der Waals surface area contributed by atoms with Crippen LogP contribution in [-0.2, 0) is 26.2 Å². The first kappa shape index (κ1) is 27.7. The first-order valence-electron chi connectivity index (χ1n) is 11.8. The summed E-state index contributed by atoms with van der Waals surface area (Å²) in [6.07, 6.45) is 1.83. The van der Waals surface area contributed by atoms with E-state index in [1.807, 2.05) is 68.4 Å². The number of carbonyl (C=O) groups excluding carboxylic acids is 2. The Morgan fingerprint density at radius 2 is 1.67 bits per heavy atom.